The van der Waals surface area contributed by atoms with Crippen molar-refractivity contribution in [1.82, 2.24) is 20.5 Å². The number of nitrogens with one attached hydrogen (secondary N) is 3. The summed E-state index contributed by atoms with van der Waals surface area (Å²) in [6.07, 6.45) is 3.04. The van der Waals surface area contributed by atoms with Crippen LogP contribution in [0.1, 0.15) is 24.0 Å². The molecule has 2 heterocycles. The van der Waals surface area contributed by atoms with Crippen molar-refractivity contribution in [2.24, 2.45) is 0 Å². The number of H-pyrrole nitrogens is 1. The SMILES string of the molecule is COc1ccc2[nH]cc(CCNC(=O)CC[C@@H]3NC(=O)N(Cc4ccccc4)C3=O)c2c1. The van der Waals surface area contributed by atoms with Gasteiger partial charge in [-0.2, -0.15) is 0 Å². The van der Waals surface area contributed by atoms with Crippen molar-refractivity contribution in [3.63, 3.8) is 0 Å². The van der Waals surface area contributed by atoms with E-state index >= 15 is 0 Å². The highest BCUT2D eigenvalue weighted by atomic mass is 16.5. The number of ether oxygens (including phenoxy) is 1. The van der Waals surface area contributed by atoms with Crippen LogP contribution < -0.4 is 15.4 Å². The number of carbonyl (C=O) groups is 3. The summed E-state index contributed by atoms with van der Waals surface area (Å²) in [6, 6.07) is 14.1. The second-order valence-electron chi connectivity index (χ2n) is 7.78. The molecule has 1 atom stereocenters. The molecule has 8 heteroatoms. The van der Waals surface area contributed by atoms with Gasteiger partial charge in [0.05, 0.1) is 13.7 Å². The summed E-state index contributed by atoms with van der Waals surface area (Å²) in [4.78, 5) is 41.5. The molecular weight excluding hydrogens is 408 g/mol. The number of rotatable bonds is 9. The zero-order valence-electron chi connectivity index (χ0n) is 17.9. The van der Waals surface area contributed by atoms with E-state index in [-0.39, 0.29) is 31.2 Å². The van der Waals surface area contributed by atoms with E-state index in [0.29, 0.717) is 13.0 Å². The van der Waals surface area contributed by atoms with Crippen molar-refractivity contribution in [3.05, 3.63) is 65.9 Å². The van der Waals surface area contributed by atoms with Gasteiger partial charge in [-0.25, -0.2) is 4.79 Å². The van der Waals surface area contributed by atoms with Gasteiger partial charge in [-0.05, 0) is 42.2 Å². The Morgan fingerprint density at radius 1 is 1.16 bits per heavy atom. The molecule has 4 amide bonds. The van der Waals surface area contributed by atoms with Crippen molar-refractivity contribution in [2.45, 2.75) is 31.8 Å². The highest BCUT2D eigenvalue weighted by Crippen LogP contribution is 2.23. The predicted molar refractivity (Wildman–Crippen MR) is 120 cm³/mol. The quantitative estimate of drug-likeness (QED) is 0.451. The predicted octanol–water partition coefficient (Wildman–Crippen LogP) is 2.74. The molecule has 8 nitrogen and oxygen atoms in total. The maximum atomic E-state index is 12.6. The van der Waals surface area contributed by atoms with Gasteiger partial charge in [-0.1, -0.05) is 30.3 Å². The minimum absolute atomic E-state index is 0.147. The highest BCUT2D eigenvalue weighted by molar-refractivity contribution is 6.04. The summed E-state index contributed by atoms with van der Waals surface area (Å²) in [6.45, 7) is 0.706. The number of imide groups is 1. The van der Waals surface area contributed by atoms with Gasteiger partial charge in [0.2, 0.25) is 5.91 Å². The zero-order valence-corrected chi connectivity index (χ0v) is 17.9. The first-order valence-corrected chi connectivity index (χ1v) is 10.6. The second-order valence-corrected chi connectivity index (χ2v) is 7.78. The van der Waals surface area contributed by atoms with Crippen molar-refractivity contribution in [2.75, 3.05) is 13.7 Å². The summed E-state index contributed by atoms with van der Waals surface area (Å²) < 4.78 is 5.28. The van der Waals surface area contributed by atoms with Crippen LogP contribution in [0.4, 0.5) is 4.79 Å². The molecule has 2 aromatic carbocycles. The monoisotopic (exact) mass is 434 g/mol. The third-order valence-corrected chi connectivity index (χ3v) is 5.64. The molecule has 1 saturated heterocycles. The number of benzene rings is 2. The molecule has 0 bridgehead atoms. The molecule has 0 spiro atoms. The largest absolute Gasteiger partial charge is 0.497 e. The Morgan fingerprint density at radius 2 is 1.97 bits per heavy atom. The number of fused-ring (bicyclic) bond motifs is 1. The van der Waals surface area contributed by atoms with Crippen LogP contribution >= 0.6 is 0 Å². The minimum atomic E-state index is -0.668. The molecule has 0 saturated carbocycles. The first-order chi connectivity index (χ1) is 15.5. The average molecular weight is 434 g/mol. The summed E-state index contributed by atoms with van der Waals surface area (Å²) in [5, 5.41) is 6.64. The van der Waals surface area contributed by atoms with E-state index in [1.807, 2.05) is 54.7 Å². The lowest BCUT2D eigenvalue weighted by molar-refractivity contribution is -0.128. The van der Waals surface area contributed by atoms with Gasteiger partial charge in [0.1, 0.15) is 11.8 Å². The average Bonchev–Trinajstić information content (AvgIpc) is 3.33. The first-order valence-electron chi connectivity index (χ1n) is 10.6. The molecule has 4 rings (SSSR count). The Morgan fingerprint density at radius 3 is 2.75 bits per heavy atom. The molecule has 1 aliphatic rings. The van der Waals surface area contributed by atoms with E-state index in [9.17, 15) is 14.4 Å². The van der Waals surface area contributed by atoms with E-state index < -0.39 is 12.1 Å². The van der Waals surface area contributed by atoms with Crippen molar-refractivity contribution >= 4 is 28.7 Å². The molecule has 0 aliphatic carbocycles. The fourth-order valence-corrected chi connectivity index (χ4v) is 3.88. The van der Waals surface area contributed by atoms with Gasteiger partial charge in [0, 0.05) is 30.1 Å². The Labute approximate surface area is 185 Å². The number of hydrogen-bond acceptors (Lipinski definition) is 4. The molecule has 0 radical (unpaired) electrons. The first kappa shape index (κ1) is 21.4. The second kappa shape index (κ2) is 9.55. The Bertz CT molecular complexity index is 1130. The summed E-state index contributed by atoms with van der Waals surface area (Å²) >= 11 is 0. The van der Waals surface area contributed by atoms with Gasteiger partial charge < -0.3 is 20.4 Å². The number of urea groups is 1. The number of amides is 4. The Hall–Kier alpha value is -3.81. The highest BCUT2D eigenvalue weighted by Gasteiger charge is 2.37. The fourth-order valence-electron chi connectivity index (χ4n) is 3.88. The van der Waals surface area contributed by atoms with Crippen molar-refractivity contribution in [3.8, 4) is 5.75 Å². The number of nitrogens with zero attached hydrogens (tertiary/aromatic N) is 1. The van der Waals surface area contributed by atoms with E-state index in [2.05, 4.69) is 15.6 Å². The minimum Gasteiger partial charge on any atom is -0.497 e. The van der Waals surface area contributed by atoms with Gasteiger partial charge in [0.25, 0.3) is 5.91 Å². The maximum Gasteiger partial charge on any atom is 0.325 e. The molecule has 1 aromatic heterocycles. The van der Waals surface area contributed by atoms with E-state index in [1.54, 1.807) is 7.11 Å². The zero-order chi connectivity index (χ0) is 22.5. The summed E-state index contributed by atoms with van der Waals surface area (Å²) in [5.74, 6) is 0.345. The topological polar surface area (TPSA) is 104 Å². The molecule has 1 aliphatic heterocycles. The molecule has 32 heavy (non-hydrogen) atoms. The van der Waals surface area contributed by atoms with Gasteiger partial charge in [-0.3, -0.25) is 14.5 Å². The summed E-state index contributed by atoms with van der Waals surface area (Å²) in [7, 11) is 1.63. The van der Waals surface area contributed by atoms with Crippen LogP contribution in [0.2, 0.25) is 0 Å². The number of aromatic amines is 1. The molecule has 3 aromatic rings. The van der Waals surface area contributed by atoms with E-state index in [0.717, 1.165) is 27.8 Å². The molecule has 0 unspecified atom stereocenters. The lowest BCUT2D eigenvalue weighted by atomic mass is 10.1. The standard InChI is InChI=1S/C24H26N4O4/c1-32-18-7-8-20-19(13-18)17(14-26-20)11-12-25-22(29)10-9-21-23(30)28(24(31)27-21)15-16-5-3-2-4-6-16/h2-8,13-14,21,26H,9-12,15H2,1H3,(H,25,29)(H,27,31)/t21-/m0/s1. The summed E-state index contributed by atoms with van der Waals surface area (Å²) in [5.41, 5.74) is 2.99. The van der Waals surface area contributed by atoms with Crippen LogP contribution in [0.15, 0.2) is 54.7 Å². The van der Waals surface area contributed by atoms with E-state index in [4.69, 9.17) is 4.74 Å². The van der Waals surface area contributed by atoms with Gasteiger partial charge in [-0.15, -0.1) is 0 Å². The third kappa shape index (κ3) is 4.74. The number of aromatic nitrogens is 1. The Kier molecular flexibility index (Phi) is 6.39. The molecule has 3 N–H and O–H groups in total. The van der Waals surface area contributed by atoms with Crippen LogP contribution in [0.5, 0.6) is 5.75 Å². The van der Waals surface area contributed by atoms with Crippen molar-refractivity contribution < 1.29 is 19.1 Å². The van der Waals surface area contributed by atoms with Crippen molar-refractivity contribution in [1.29, 1.82) is 0 Å². The molecule has 166 valence electrons. The van der Waals surface area contributed by atoms with Gasteiger partial charge >= 0.3 is 6.03 Å². The van der Waals surface area contributed by atoms with Crippen LogP contribution in [-0.4, -0.2) is 47.4 Å². The fraction of sp³-hybridized carbons (Fsp3) is 0.292. The smallest absolute Gasteiger partial charge is 0.325 e. The number of methoxy groups -OCH3 is 1. The third-order valence-electron chi connectivity index (χ3n) is 5.64. The van der Waals surface area contributed by atoms with Crippen LogP contribution in [-0.2, 0) is 22.6 Å². The number of hydrogen-bond donors (Lipinski definition) is 3. The lowest BCUT2D eigenvalue weighted by Gasteiger charge is -2.13. The normalized spacial score (nSPS) is 15.8. The van der Waals surface area contributed by atoms with E-state index in [1.165, 1.54) is 4.90 Å². The number of carbonyl (C=O) groups excluding carboxylic acids is 3. The van der Waals surface area contributed by atoms with Crippen LogP contribution in [0.25, 0.3) is 10.9 Å². The Balaban J connectivity index is 1.24. The maximum absolute atomic E-state index is 12.6. The molecule has 1 fully saturated rings. The van der Waals surface area contributed by atoms with Crippen LogP contribution in [0.3, 0.4) is 0 Å². The van der Waals surface area contributed by atoms with Gasteiger partial charge in [0.15, 0.2) is 0 Å². The lowest BCUT2D eigenvalue weighted by Crippen LogP contribution is -2.33. The van der Waals surface area contributed by atoms with Crippen LogP contribution in [0, 0.1) is 0 Å². The molecular formula is C24H26N4O4.